The first-order valence-electron chi connectivity index (χ1n) is 8.64. The third-order valence-electron chi connectivity index (χ3n) is 4.05. The number of anilines is 1. The van der Waals surface area contributed by atoms with Crippen LogP contribution in [0, 0.1) is 0 Å². The molecule has 28 heavy (non-hydrogen) atoms. The fraction of sp³-hybridized carbons (Fsp3) is 0.167. The minimum absolute atomic E-state index is 0.184. The largest absolute Gasteiger partial charge is 0.467 e. The van der Waals surface area contributed by atoms with E-state index >= 15 is 0 Å². The summed E-state index contributed by atoms with van der Waals surface area (Å²) in [5.41, 5.74) is 0.587. The van der Waals surface area contributed by atoms with Gasteiger partial charge in [-0.25, -0.2) is 13.1 Å². The summed E-state index contributed by atoms with van der Waals surface area (Å²) in [6.07, 6.45) is 1.96. The van der Waals surface area contributed by atoms with Crippen LogP contribution in [0.15, 0.2) is 70.2 Å². The smallest absolute Gasteiger partial charge is 0.240 e. The van der Waals surface area contributed by atoms with E-state index in [0.717, 1.165) is 5.76 Å². The first-order valence-corrected chi connectivity index (χ1v) is 10.1. The molecular formula is C18H18N6O3S. The Morgan fingerprint density at radius 2 is 1.86 bits per heavy atom. The van der Waals surface area contributed by atoms with Gasteiger partial charge in [-0.05, 0) is 36.4 Å². The second kappa shape index (κ2) is 7.79. The van der Waals surface area contributed by atoms with Gasteiger partial charge in [0.1, 0.15) is 11.6 Å². The molecule has 0 fully saturated rings. The summed E-state index contributed by atoms with van der Waals surface area (Å²) in [6, 6.07) is 15.5. The molecule has 0 unspecified atom stereocenters. The summed E-state index contributed by atoms with van der Waals surface area (Å²) < 4.78 is 34.0. The van der Waals surface area contributed by atoms with Gasteiger partial charge in [-0.1, -0.05) is 18.2 Å². The fourth-order valence-corrected chi connectivity index (χ4v) is 3.71. The van der Waals surface area contributed by atoms with Crippen LogP contribution >= 0.6 is 0 Å². The average molecular weight is 398 g/mol. The van der Waals surface area contributed by atoms with Crippen LogP contribution < -0.4 is 10.0 Å². The summed E-state index contributed by atoms with van der Waals surface area (Å²) in [4.78, 5) is 0.226. The summed E-state index contributed by atoms with van der Waals surface area (Å²) in [5, 5.41) is 15.8. The number of benzene rings is 1. The second-order valence-electron chi connectivity index (χ2n) is 6.00. The van der Waals surface area contributed by atoms with Crippen LogP contribution in [0.5, 0.6) is 0 Å². The molecule has 0 bridgehead atoms. The van der Waals surface area contributed by atoms with Crippen molar-refractivity contribution in [3.8, 4) is 0 Å². The van der Waals surface area contributed by atoms with Crippen LogP contribution in [0.25, 0.3) is 5.65 Å². The Bertz CT molecular complexity index is 1160. The predicted octanol–water partition coefficient (Wildman–Crippen LogP) is 1.85. The Morgan fingerprint density at radius 1 is 1.00 bits per heavy atom. The fourth-order valence-electron chi connectivity index (χ4n) is 2.65. The van der Waals surface area contributed by atoms with E-state index in [1.54, 1.807) is 53.2 Å². The zero-order valence-electron chi connectivity index (χ0n) is 14.8. The number of fused-ring (bicyclic) bond motifs is 1. The van der Waals surface area contributed by atoms with Crippen molar-refractivity contribution >= 4 is 21.5 Å². The van der Waals surface area contributed by atoms with Gasteiger partial charge >= 0.3 is 0 Å². The molecule has 0 saturated carbocycles. The highest BCUT2D eigenvalue weighted by Crippen LogP contribution is 2.11. The lowest BCUT2D eigenvalue weighted by Crippen LogP contribution is -2.26. The van der Waals surface area contributed by atoms with Crippen LogP contribution in [-0.4, -0.2) is 34.8 Å². The maximum atomic E-state index is 12.3. The molecule has 0 amide bonds. The number of sulfonamides is 1. The number of hydrogen-bond acceptors (Lipinski definition) is 7. The molecule has 144 valence electrons. The molecule has 0 saturated heterocycles. The lowest BCUT2D eigenvalue weighted by atomic mass is 10.4. The summed E-state index contributed by atoms with van der Waals surface area (Å²) in [6.45, 7) is 0.684. The Hall–Kier alpha value is -3.24. The zero-order valence-corrected chi connectivity index (χ0v) is 15.6. The van der Waals surface area contributed by atoms with E-state index in [2.05, 4.69) is 25.3 Å². The summed E-state index contributed by atoms with van der Waals surface area (Å²) >= 11 is 0. The number of rotatable bonds is 8. The van der Waals surface area contributed by atoms with Crippen molar-refractivity contribution in [2.45, 2.75) is 17.9 Å². The van der Waals surface area contributed by atoms with Crippen LogP contribution in [0.3, 0.4) is 0 Å². The Balaban J connectivity index is 1.43. The standard InChI is InChI=1S/C18H18N6O3S/c25-28(26,15-6-2-1-3-7-15)20-11-10-18-22-21-17-9-8-16(23-24(17)18)19-13-14-5-4-12-27-14/h1-9,12,20H,10-11,13H2,(H,19,23). The van der Waals surface area contributed by atoms with Gasteiger partial charge in [0.05, 0.1) is 17.7 Å². The van der Waals surface area contributed by atoms with Crippen molar-refractivity contribution in [3.63, 3.8) is 0 Å². The van der Waals surface area contributed by atoms with Crippen molar-refractivity contribution in [2.75, 3.05) is 11.9 Å². The molecule has 0 spiro atoms. The third-order valence-corrected chi connectivity index (χ3v) is 5.52. The highest BCUT2D eigenvalue weighted by Gasteiger charge is 2.14. The summed E-state index contributed by atoms with van der Waals surface area (Å²) in [7, 11) is -3.56. The molecule has 3 heterocycles. The van der Waals surface area contributed by atoms with Gasteiger partial charge in [0.2, 0.25) is 10.0 Å². The molecule has 1 aromatic carbocycles. The van der Waals surface area contributed by atoms with Crippen LogP contribution in [0.1, 0.15) is 11.6 Å². The maximum Gasteiger partial charge on any atom is 0.240 e. The SMILES string of the molecule is O=S(=O)(NCCc1nnc2ccc(NCc3ccco3)nn12)c1ccccc1. The third kappa shape index (κ3) is 4.02. The van der Waals surface area contributed by atoms with E-state index in [9.17, 15) is 8.42 Å². The van der Waals surface area contributed by atoms with E-state index in [4.69, 9.17) is 4.42 Å². The summed E-state index contributed by atoms with van der Waals surface area (Å²) in [5.74, 6) is 1.99. The van der Waals surface area contributed by atoms with Crippen molar-refractivity contribution in [1.29, 1.82) is 0 Å². The van der Waals surface area contributed by atoms with Crippen molar-refractivity contribution in [2.24, 2.45) is 0 Å². The lowest BCUT2D eigenvalue weighted by molar-refractivity contribution is 0.517. The van der Waals surface area contributed by atoms with Crippen molar-refractivity contribution in [3.05, 3.63) is 72.4 Å². The molecule has 10 heteroatoms. The average Bonchev–Trinajstić information content (AvgIpc) is 3.37. The van der Waals surface area contributed by atoms with Gasteiger partial charge in [-0.15, -0.1) is 15.3 Å². The van der Waals surface area contributed by atoms with Gasteiger partial charge in [0, 0.05) is 13.0 Å². The maximum absolute atomic E-state index is 12.3. The van der Waals surface area contributed by atoms with Gasteiger partial charge in [0.15, 0.2) is 11.5 Å². The number of hydrogen-bond donors (Lipinski definition) is 2. The van der Waals surface area contributed by atoms with Crippen LogP contribution in [0.4, 0.5) is 5.82 Å². The van der Waals surface area contributed by atoms with E-state index in [0.29, 0.717) is 30.3 Å². The van der Waals surface area contributed by atoms with Gasteiger partial charge in [0.25, 0.3) is 0 Å². The minimum atomic E-state index is -3.56. The lowest BCUT2D eigenvalue weighted by Gasteiger charge is -2.07. The molecule has 0 aliphatic rings. The van der Waals surface area contributed by atoms with Gasteiger partial charge < -0.3 is 9.73 Å². The number of nitrogens with zero attached hydrogens (tertiary/aromatic N) is 4. The Labute approximate surface area is 161 Å². The molecule has 4 aromatic rings. The van der Waals surface area contributed by atoms with Crippen molar-refractivity contribution < 1.29 is 12.8 Å². The van der Waals surface area contributed by atoms with E-state index < -0.39 is 10.0 Å². The van der Waals surface area contributed by atoms with Gasteiger partial charge in [-0.3, -0.25) is 0 Å². The zero-order chi connectivity index (χ0) is 19.4. The van der Waals surface area contributed by atoms with E-state index in [-0.39, 0.29) is 11.4 Å². The highest BCUT2D eigenvalue weighted by atomic mass is 32.2. The molecule has 2 N–H and O–H groups in total. The number of nitrogens with one attached hydrogen (secondary N) is 2. The molecule has 0 aliphatic heterocycles. The number of aromatic nitrogens is 4. The molecule has 3 aromatic heterocycles. The molecule has 0 atom stereocenters. The molecular weight excluding hydrogens is 380 g/mol. The van der Waals surface area contributed by atoms with Gasteiger partial charge in [-0.2, -0.15) is 4.52 Å². The molecule has 4 rings (SSSR count). The first kappa shape index (κ1) is 18.1. The normalized spacial score (nSPS) is 11.7. The predicted molar refractivity (Wildman–Crippen MR) is 102 cm³/mol. The Kier molecular flexibility index (Phi) is 5.04. The van der Waals surface area contributed by atoms with Crippen LogP contribution in [-0.2, 0) is 23.0 Å². The van der Waals surface area contributed by atoms with Crippen LogP contribution in [0.2, 0.25) is 0 Å². The number of furan rings is 1. The van der Waals surface area contributed by atoms with Crippen molar-refractivity contribution in [1.82, 2.24) is 24.5 Å². The van der Waals surface area contributed by atoms with E-state index in [1.807, 2.05) is 12.1 Å². The topological polar surface area (TPSA) is 114 Å². The minimum Gasteiger partial charge on any atom is -0.467 e. The molecule has 0 aliphatic carbocycles. The molecule has 0 radical (unpaired) electrons. The first-order chi connectivity index (χ1) is 13.6. The quantitative estimate of drug-likeness (QED) is 0.465. The second-order valence-corrected chi connectivity index (χ2v) is 7.77. The molecule has 9 nitrogen and oxygen atoms in total. The highest BCUT2D eigenvalue weighted by molar-refractivity contribution is 7.89. The Morgan fingerprint density at radius 3 is 2.64 bits per heavy atom. The van der Waals surface area contributed by atoms with E-state index in [1.165, 1.54) is 0 Å². The monoisotopic (exact) mass is 398 g/mol.